The van der Waals surface area contributed by atoms with Crippen LogP contribution in [0.5, 0.6) is 5.75 Å². The van der Waals surface area contributed by atoms with Crippen LogP contribution in [0.25, 0.3) is 10.9 Å². The Balaban J connectivity index is 2.65. The van der Waals surface area contributed by atoms with Crippen LogP contribution in [0.4, 0.5) is 0 Å². The number of hydrogen-bond donors (Lipinski definition) is 1. The minimum atomic E-state index is -0.550. The molecule has 0 aliphatic rings. The first-order chi connectivity index (χ1) is 7.72. The molecule has 0 saturated carbocycles. The lowest BCUT2D eigenvalue weighted by Crippen LogP contribution is -2.13. The van der Waals surface area contributed by atoms with Gasteiger partial charge in [0.25, 0.3) is 5.91 Å². The third-order valence-electron chi connectivity index (χ3n) is 2.18. The lowest BCUT2D eigenvalue weighted by atomic mass is 10.1. The van der Waals surface area contributed by atoms with E-state index in [4.69, 9.17) is 22.1 Å². The van der Waals surface area contributed by atoms with Crippen molar-refractivity contribution < 1.29 is 9.53 Å². The first-order valence-electron chi connectivity index (χ1n) is 4.59. The van der Waals surface area contributed by atoms with Crippen LogP contribution >= 0.6 is 11.6 Å². The van der Waals surface area contributed by atoms with E-state index in [1.807, 2.05) is 6.07 Å². The molecule has 0 unspecified atom stereocenters. The third kappa shape index (κ3) is 1.92. The van der Waals surface area contributed by atoms with Gasteiger partial charge in [0.05, 0.1) is 11.1 Å². The summed E-state index contributed by atoms with van der Waals surface area (Å²) in [5.41, 5.74) is 6.29. The predicted octanol–water partition coefficient (Wildman–Crippen LogP) is 1.91. The Bertz CT molecular complexity index is 542. The van der Waals surface area contributed by atoms with E-state index in [-0.39, 0.29) is 6.07 Å². The predicted molar refractivity (Wildman–Crippen MR) is 61.6 cm³/mol. The first-order valence-corrected chi connectivity index (χ1v) is 5.13. The second-order valence-electron chi connectivity index (χ2n) is 3.16. The fourth-order valence-electron chi connectivity index (χ4n) is 1.47. The molecule has 2 aromatic rings. The Morgan fingerprint density at radius 3 is 3.00 bits per heavy atom. The number of halogens is 1. The summed E-state index contributed by atoms with van der Waals surface area (Å²) in [6, 6.07) is 6.89. The minimum Gasteiger partial charge on any atom is -0.477 e. The van der Waals surface area contributed by atoms with Crippen LogP contribution in [0.15, 0.2) is 30.5 Å². The Morgan fingerprint density at radius 1 is 1.50 bits per heavy atom. The number of ether oxygens (including phenoxy) is 1. The number of nitrogens with zero attached hydrogens (tertiary/aromatic N) is 1. The summed E-state index contributed by atoms with van der Waals surface area (Å²) in [5, 5.41) is 0.832. The average Bonchev–Trinajstić information content (AvgIpc) is 2.28. The molecule has 1 aromatic heterocycles. The highest BCUT2D eigenvalue weighted by molar-refractivity contribution is 6.17. The maximum Gasteiger partial charge on any atom is 0.252 e. The molecule has 16 heavy (non-hydrogen) atoms. The molecule has 2 N–H and O–H groups in total. The summed E-state index contributed by atoms with van der Waals surface area (Å²) < 4.78 is 5.13. The van der Waals surface area contributed by atoms with Crippen molar-refractivity contribution in [2.75, 3.05) is 6.07 Å². The zero-order valence-corrected chi connectivity index (χ0v) is 9.07. The van der Waals surface area contributed by atoms with Crippen LogP contribution in [0.2, 0.25) is 0 Å². The lowest BCUT2D eigenvalue weighted by Gasteiger charge is -2.08. The number of benzene rings is 1. The van der Waals surface area contributed by atoms with E-state index in [9.17, 15) is 4.79 Å². The topological polar surface area (TPSA) is 65.2 Å². The van der Waals surface area contributed by atoms with Gasteiger partial charge in [0.2, 0.25) is 0 Å². The van der Waals surface area contributed by atoms with Gasteiger partial charge in [0, 0.05) is 17.6 Å². The normalized spacial score (nSPS) is 10.3. The molecule has 5 heteroatoms. The molecular weight excluding hydrogens is 228 g/mol. The zero-order chi connectivity index (χ0) is 11.5. The van der Waals surface area contributed by atoms with Crippen molar-refractivity contribution in [1.29, 1.82) is 0 Å². The van der Waals surface area contributed by atoms with Gasteiger partial charge in [-0.05, 0) is 12.1 Å². The van der Waals surface area contributed by atoms with Gasteiger partial charge in [-0.2, -0.15) is 0 Å². The number of carbonyl (C=O) groups is 1. The van der Waals surface area contributed by atoms with E-state index in [1.54, 1.807) is 24.4 Å². The quantitative estimate of drug-likeness (QED) is 0.828. The van der Waals surface area contributed by atoms with Crippen LogP contribution in [0.3, 0.4) is 0 Å². The van der Waals surface area contributed by atoms with Crippen molar-refractivity contribution in [3.63, 3.8) is 0 Å². The van der Waals surface area contributed by atoms with Gasteiger partial charge < -0.3 is 10.5 Å². The summed E-state index contributed by atoms with van der Waals surface area (Å²) in [5.74, 6) is -0.195. The monoisotopic (exact) mass is 236 g/mol. The van der Waals surface area contributed by atoms with E-state index < -0.39 is 5.91 Å². The Kier molecular flexibility index (Phi) is 2.92. The first kappa shape index (κ1) is 10.7. The third-order valence-corrected chi connectivity index (χ3v) is 2.29. The Hall–Kier alpha value is -1.81. The Morgan fingerprint density at radius 2 is 2.31 bits per heavy atom. The molecule has 0 fully saturated rings. The number of rotatable bonds is 3. The molecule has 4 nitrogen and oxygen atoms in total. The largest absolute Gasteiger partial charge is 0.477 e. The second kappa shape index (κ2) is 4.37. The summed E-state index contributed by atoms with van der Waals surface area (Å²) in [7, 11) is 0. The number of hydrogen-bond acceptors (Lipinski definition) is 3. The standard InChI is InChI=1S/C11H9ClN2O2/c12-6-16-10-5-9-7(2-1-3-14-9)4-8(10)11(13)15/h1-5H,6H2,(H2,13,15). The molecule has 0 spiro atoms. The highest BCUT2D eigenvalue weighted by Gasteiger charge is 2.11. The summed E-state index contributed by atoms with van der Waals surface area (Å²) in [6.45, 7) is 0. The number of alkyl halides is 1. The molecule has 0 saturated heterocycles. The van der Waals surface area contributed by atoms with Gasteiger partial charge >= 0.3 is 0 Å². The number of primary amides is 1. The number of fused-ring (bicyclic) bond motifs is 1. The molecule has 0 radical (unpaired) electrons. The van der Waals surface area contributed by atoms with E-state index in [0.29, 0.717) is 11.3 Å². The smallest absolute Gasteiger partial charge is 0.252 e. The van der Waals surface area contributed by atoms with Crippen LogP contribution in [0.1, 0.15) is 10.4 Å². The summed E-state index contributed by atoms with van der Waals surface area (Å²) in [6.07, 6.45) is 1.66. The number of amides is 1. The van der Waals surface area contributed by atoms with Crippen molar-refractivity contribution >= 4 is 28.4 Å². The van der Waals surface area contributed by atoms with Crippen LogP contribution in [0, 0.1) is 0 Å². The van der Waals surface area contributed by atoms with Crippen molar-refractivity contribution in [1.82, 2.24) is 4.98 Å². The second-order valence-corrected chi connectivity index (χ2v) is 3.38. The summed E-state index contributed by atoms with van der Waals surface area (Å²) in [4.78, 5) is 15.4. The fraction of sp³-hybridized carbons (Fsp3) is 0.0909. The molecule has 1 heterocycles. The number of carbonyl (C=O) groups excluding carboxylic acids is 1. The van der Waals surface area contributed by atoms with Gasteiger partial charge in [0.15, 0.2) is 6.07 Å². The van der Waals surface area contributed by atoms with Gasteiger partial charge in [-0.1, -0.05) is 17.7 Å². The highest BCUT2D eigenvalue weighted by atomic mass is 35.5. The van der Waals surface area contributed by atoms with Crippen molar-refractivity contribution in [3.8, 4) is 5.75 Å². The van der Waals surface area contributed by atoms with Gasteiger partial charge in [-0.25, -0.2) is 0 Å². The van der Waals surface area contributed by atoms with E-state index in [0.717, 1.165) is 10.9 Å². The SMILES string of the molecule is NC(=O)c1cc2cccnc2cc1OCCl. The van der Waals surface area contributed by atoms with Crippen molar-refractivity contribution in [2.24, 2.45) is 5.73 Å². The molecule has 1 amide bonds. The minimum absolute atomic E-state index is 0.0430. The van der Waals surface area contributed by atoms with Crippen LogP contribution in [-0.4, -0.2) is 17.0 Å². The molecule has 0 atom stereocenters. The van der Waals surface area contributed by atoms with Gasteiger partial charge in [0.1, 0.15) is 5.75 Å². The molecule has 1 aromatic carbocycles. The maximum absolute atomic E-state index is 11.2. The lowest BCUT2D eigenvalue weighted by molar-refractivity contribution is 0.0997. The maximum atomic E-state index is 11.2. The fourth-order valence-corrected chi connectivity index (χ4v) is 1.59. The molecule has 2 rings (SSSR count). The molecule has 0 aliphatic heterocycles. The van der Waals surface area contributed by atoms with Crippen molar-refractivity contribution in [2.45, 2.75) is 0 Å². The number of aromatic nitrogens is 1. The van der Waals surface area contributed by atoms with Gasteiger partial charge in [-0.3, -0.25) is 9.78 Å². The van der Waals surface area contributed by atoms with Crippen molar-refractivity contribution in [3.05, 3.63) is 36.0 Å². The van der Waals surface area contributed by atoms with E-state index in [2.05, 4.69) is 4.98 Å². The number of pyridine rings is 1. The Labute approximate surface area is 97.0 Å². The summed E-state index contributed by atoms with van der Waals surface area (Å²) >= 11 is 5.47. The van der Waals surface area contributed by atoms with Crippen LogP contribution in [-0.2, 0) is 0 Å². The van der Waals surface area contributed by atoms with Crippen LogP contribution < -0.4 is 10.5 Å². The molecular formula is C11H9ClN2O2. The zero-order valence-electron chi connectivity index (χ0n) is 8.31. The van der Waals surface area contributed by atoms with E-state index >= 15 is 0 Å². The number of nitrogens with two attached hydrogens (primary N) is 1. The average molecular weight is 237 g/mol. The molecule has 0 bridgehead atoms. The highest BCUT2D eigenvalue weighted by Crippen LogP contribution is 2.24. The van der Waals surface area contributed by atoms with Gasteiger partial charge in [-0.15, -0.1) is 0 Å². The molecule has 82 valence electrons. The molecule has 0 aliphatic carbocycles. The van der Waals surface area contributed by atoms with E-state index in [1.165, 1.54) is 0 Å².